The van der Waals surface area contributed by atoms with Crippen molar-refractivity contribution in [1.82, 2.24) is 4.90 Å². The Kier molecular flexibility index (Phi) is 6.27. The van der Waals surface area contributed by atoms with E-state index in [0.717, 1.165) is 23.0 Å². The molecule has 5 nitrogen and oxygen atoms in total. The van der Waals surface area contributed by atoms with Crippen molar-refractivity contribution in [3.63, 3.8) is 0 Å². The van der Waals surface area contributed by atoms with Gasteiger partial charge >= 0.3 is 0 Å². The quantitative estimate of drug-likeness (QED) is 0.584. The molecule has 0 atom stereocenters. The van der Waals surface area contributed by atoms with Gasteiger partial charge in [-0.15, -0.1) is 0 Å². The van der Waals surface area contributed by atoms with Crippen molar-refractivity contribution in [1.29, 1.82) is 0 Å². The zero-order valence-electron chi connectivity index (χ0n) is 15.0. The third kappa shape index (κ3) is 4.56. The van der Waals surface area contributed by atoms with E-state index in [1.165, 1.54) is 7.11 Å². The summed E-state index contributed by atoms with van der Waals surface area (Å²) in [7, 11) is 1.51. The minimum atomic E-state index is -0.0818. The first-order valence-electron chi connectivity index (χ1n) is 8.60. The number of carbonyl (C=O) groups is 2. The van der Waals surface area contributed by atoms with Crippen molar-refractivity contribution in [2.75, 3.05) is 33.4 Å². The lowest BCUT2D eigenvalue weighted by molar-refractivity contribution is -0.129. The zero-order chi connectivity index (χ0) is 19.2. The molecule has 0 saturated carbocycles. The van der Waals surface area contributed by atoms with E-state index in [4.69, 9.17) is 21.1 Å². The van der Waals surface area contributed by atoms with Gasteiger partial charge in [-0.05, 0) is 41.0 Å². The van der Waals surface area contributed by atoms with Gasteiger partial charge in [-0.25, -0.2) is 0 Å². The lowest BCUT2D eigenvalue weighted by Gasteiger charge is -2.26. The van der Waals surface area contributed by atoms with E-state index in [2.05, 4.69) is 0 Å². The van der Waals surface area contributed by atoms with Crippen LogP contribution in [-0.4, -0.2) is 50.5 Å². The molecular weight excluding hydrogens is 366 g/mol. The van der Waals surface area contributed by atoms with Gasteiger partial charge < -0.3 is 14.4 Å². The van der Waals surface area contributed by atoms with E-state index < -0.39 is 0 Å². The van der Waals surface area contributed by atoms with Gasteiger partial charge in [0.15, 0.2) is 6.29 Å². The first-order valence-corrected chi connectivity index (χ1v) is 8.98. The summed E-state index contributed by atoms with van der Waals surface area (Å²) >= 11 is 6.01. The highest BCUT2D eigenvalue weighted by Crippen LogP contribution is 2.29. The molecule has 0 aliphatic carbocycles. The molecule has 3 rings (SSSR count). The first kappa shape index (κ1) is 19.1. The maximum absolute atomic E-state index is 12.8. The Hall–Kier alpha value is -2.63. The van der Waals surface area contributed by atoms with Crippen molar-refractivity contribution < 1.29 is 19.1 Å². The molecule has 2 aromatic rings. The summed E-state index contributed by atoms with van der Waals surface area (Å²) in [5, 5.41) is 0.617. The van der Waals surface area contributed by atoms with Crippen LogP contribution in [0, 0.1) is 0 Å². The number of carbonyl (C=O) groups excluding carboxylic acids is 2. The van der Waals surface area contributed by atoms with Gasteiger partial charge in [-0.2, -0.15) is 0 Å². The lowest BCUT2D eigenvalue weighted by Crippen LogP contribution is -2.39. The van der Waals surface area contributed by atoms with E-state index >= 15 is 0 Å². The number of methoxy groups -OCH3 is 1. The Labute approximate surface area is 163 Å². The second-order valence-electron chi connectivity index (χ2n) is 6.08. The minimum absolute atomic E-state index is 0.0818. The second-order valence-corrected chi connectivity index (χ2v) is 6.51. The summed E-state index contributed by atoms with van der Waals surface area (Å²) < 4.78 is 10.6. The standard InChI is InChI=1S/C21H20ClNO4/c1-26-20-12-16(2-3-17(20)14-24)19(15-4-6-18(22)7-5-15)13-21(25)23-8-10-27-11-9-23/h2-7,12-14H,8-11H2,1H3/b19-13-. The van der Waals surface area contributed by atoms with Crippen molar-refractivity contribution in [3.05, 3.63) is 70.3 Å². The Balaban J connectivity index is 2.04. The van der Waals surface area contributed by atoms with Crippen LogP contribution in [0.4, 0.5) is 0 Å². The second kappa shape index (κ2) is 8.84. The molecular formula is C21H20ClNO4. The van der Waals surface area contributed by atoms with Gasteiger partial charge in [0.05, 0.1) is 25.9 Å². The molecule has 1 aliphatic heterocycles. The molecule has 140 valence electrons. The van der Waals surface area contributed by atoms with Crippen molar-refractivity contribution in [2.24, 2.45) is 0 Å². The Morgan fingerprint density at radius 3 is 2.41 bits per heavy atom. The number of morpholine rings is 1. The fraction of sp³-hybridized carbons (Fsp3) is 0.238. The molecule has 1 heterocycles. The third-order valence-electron chi connectivity index (χ3n) is 4.42. The van der Waals surface area contributed by atoms with Crippen LogP contribution in [0.5, 0.6) is 5.75 Å². The fourth-order valence-corrected chi connectivity index (χ4v) is 3.06. The third-order valence-corrected chi connectivity index (χ3v) is 4.67. The van der Waals surface area contributed by atoms with Gasteiger partial charge in [0.25, 0.3) is 0 Å². The van der Waals surface area contributed by atoms with Crippen LogP contribution >= 0.6 is 11.6 Å². The van der Waals surface area contributed by atoms with Crippen LogP contribution in [0.3, 0.4) is 0 Å². The summed E-state index contributed by atoms with van der Waals surface area (Å²) in [6.07, 6.45) is 2.36. The molecule has 27 heavy (non-hydrogen) atoms. The monoisotopic (exact) mass is 385 g/mol. The molecule has 6 heteroatoms. The highest BCUT2D eigenvalue weighted by molar-refractivity contribution is 6.30. The van der Waals surface area contributed by atoms with E-state index in [1.54, 1.807) is 41.3 Å². The molecule has 1 amide bonds. The van der Waals surface area contributed by atoms with E-state index in [0.29, 0.717) is 42.6 Å². The van der Waals surface area contributed by atoms with Crippen LogP contribution in [0.15, 0.2) is 48.5 Å². The lowest BCUT2D eigenvalue weighted by atomic mass is 9.96. The maximum atomic E-state index is 12.8. The number of aldehydes is 1. The number of benzene rings is 2. The Morgan fingerprint density at radius 2 is 1.78 bits per heavy atom. The van der Waals surface area contributed by atoms with Crippen LogP contribution in [-0.2, 0) is 9.53 Å². The predicted molar refractivity (Wildman–Crippen MR) is 104 cm³/mol. The van der Waals surface area contributed by atoms with Gasteiger partial charge in [0.2, 0.25) is 5.91 Å². The average Bonchev–Trinajstić information content (AvgIpc) is 2.72. The van der Waals surface area contributed by atoms with Gasteiger partial charge in [0, 0.05) is 24.2 Å². The number of rotatable bonds is 5. The molecule has 1 fully saturated rings. The number of hydrogen-bond acceptors (Lipinski definition) is 4. The predicted octanol–water partition coefficient (Wildman–Crippen LogP) is 3.45. The van der Waals surface area contributed by atoms with Crippen LogP contribution < -0.4 is 4.74 Å². The maximum Gasteiger partial charge on any atom is 0.247 e. The largest absolute Gasteiger partial charge is 0.496 e. The summed E-state index contributed by atoms with van der Waals surface area (Å²) in [5.74, 6) is 0.378. The van der Waals surface area contributed by atoms with E-state index in [9.17, 15) is 9.59 Å². The van der Waals surface area contributed by atoms with E-state index in [1.807, 2.05) is 12.1 Å². The molecule has 0 N–H and O–H groups in total. The molecule has 0 bridgehead atoms. The van der Waals surface area contributed by atoms with Crippen LogP contribution in [0.1, 0.15) is 21.5 Å². The highest BCUT2D eigenvalue weighted by Gasteiger charge is 2.17. The van der Waals surface area contributed by atoms with Crippen LogP contribution in [0.2, 0.25) is 5.02 Å². The van der Waals surface area contributed by atoms with E-state index in [-0.39, 0.29) is 5.91 Å². The molecule has 0 spiro atoms. The molecule has 0 aromatic heterocycles. The summed E-state index contributed by atoms with van der Waals surface area (Å²) in [6, 6.07) is 12.5. The molecule has 0 radical (unpaired) electrons. The Morgan fingerprint density at radius 1 is 1.11 bits per heavy atom. The molecule has 0 unspecified atom stereocenters. The normalized spacial score (nSPS) is 14.7. The number of amides is 1. The molecule has 1 aliphatic rings. The van der Waals surface area contributed by atoms with Gasteiger partial charge in [0.1, 0.15) is 5.75 Å². The van der Waals surface area contributed by atoms with Crippen molar-refractivity contribution >= 4 is 29.4 Å². The number of nitrogens with zero attached hydrogens (tertiary/aromatic N) is 1. The smallest absolute Gasteiger partial charge is 0.247 e. The van der Waals surface area contributed by atoms with Gasteiger partial charge in [-0.1, -0.05) is 29.8 Å². The van der Waals surface area contributed by atoms with Gasteiger partial charge in [-0.3, -0.25) is 9.59 Å². The van der Waals surface area contributed by atoms with Crippen molar-refractivity contribution in [3.8, 4) is 5.75 Å². The van der Waals surface area contributed by atoms with Crippen molar-refractivity contribution in [2.45, 2.75) is 0 Å². The topological polar surface area (TPSA) is 55.8 Å². The average molecular weight is 386 g/mol. The first-order chi connectivity index (χ1) is 13.1. The Bertz CT molecular complexity index is 855. The zero-order valence-corrected chi connectivity index (χ0v) is 15.7. The van der Waals surface area contributed by atoms with Crippen LogP contribution in [0.25, 0.3) is 5.57 Å². The molecule has 1 saturated heterocycles. The number of ether oxygens (including phenoxy) is 2. The number of halogens is 1. The molecule has 2 aromatic carbocycles. The minimum Gasteiger partial charge on any atom is -0.496 e. The summed E-state index contributed by atoms with van der Waals surface area (Å²) in [5.41, 5.74) is 2.82. The highest BCUT2D eigenvalue weighted by atomic mass is 35.5. The summed E-state index contributed by atoms with van der Waals surface area (Å²) in [6.45, 7) is 2.21. The SMILES string of the molecule is COc1cc(/C(=C\C(=O)N2CCOCC2)c2ccc(Cl)cc2)ccc1C=O. The fourth-order valence-electron chi connectivity index (χ4n) is 2.94. The number of hydrogen-bond donors (Lipinski definition) is 0. The summed E-state index contributed by atoms with van der Waals surface area (Å²) in [4.78, 5) is 25.7.